The van der Waals surface area contributed by atoms with E-state index >= 15 is 0 Å². The summed E-state index contributed by atoms with van der Waals surface area (Å²) in [6.07, 6.45) is 0. The second-order valence-electron chi connectivity index (χ2n) is 9.04. The van der Waals surface area contributed by atoms with Crippen molar-refractivity contribution in [2.24, 2.45) is 7.05 Å². The van der Waals surface area contributed by atoms with Gasteiger partial charge in [-0.1, -0.05) is 90.1 Å². The molecule has 0 spiro atoms. The standard InChI is InChI=1S/C30H24N6OS2/c1-19-12-14-21(15-13-19)26-17-38-29(32-26)33-27(37)18-39-30-35-34-28(36(30)2)23-16-25(20-8-4-3-5-9-20)31-24-11-7-6-10-22(23)24/h3-17H,18H2,1-2H3,(H,32,33,37). The number of hydrogen-bond donors (Lipinski definition) is 1. The number of nitrogens with zero attached hydrogens (tertiary/aromatic N) is 5. The number of nitrogens with one attached hydrogen (secondary N) is 1. The third-order valence-electron chi connectivity index (χ3n) is 6.29. The van der Waals surface area contributed by atoms with Crippen LogP contribution in [0.15, 0.2) is 95.5 Å². The van der Waals surface area contributed by atoms with E-state index in [4.69, 9.17) is 4.98 Å². The van der Waals surface area contributed by atoms with Crippen molar-refractivity contribution >= 4 is 45.0 Å². The Balaban J connectivity index is 1.19. The van der Waals surface area contributed by atoms with Gasteiger partial charge in [0.05, 0.1) is 22.7 Å². The summed E-state index contributed by atoms with van der Waals surface area (Å²) in [6.45, 7) is 2.05. The fraction of sp³-hybridized carbons (Fsp3) is 0.100. The van der Waals surface area contributed by atoms with Crippen molar-refractivity contribution in [1.29, 1.82) is 0 Å². The van der Waals surface area contributed by atoms with Gasteiger partial charge in [0.25, 0.3) is 0 Å². The molecule has 0 saturated carbocycles. The van der Waals surface area contributed by atoms with Gasteiger partial charge in [-0.25, -0.2) is 9.97 Å². The molecule has 6 aromatic rings. The quantitative estimate of drug-likeness (QED) is 0.219. The topological polar surface area (TPSA) is 85.6 Å². The Morgan fingerprint density at radius 1 is 0.897 bits per heavy atom. The fourth-order valence-corrected chi connectivity index (χ4v) is 5.71. The lowest BCUT2D eigenvalue weighted by Crippen LogP contribution is -2.14. The van der Waals surface area contributed by atoms with Crippen LogP contribution < -0.4 is 5.32 Å². The Morgan fingerprint density at radius 2 is 1.64 bits per heavy atom. The highest BCUT2D eigenvalue weighted by Gasteiger charge is 2.17. The lowest BCUT2D eigenvalue weighted by Gasteiger charge is -2.10. The van der Waals surface area contributed by atoms with Crippen LogP contribution in [0.3, 0.4) is 0 Å². The van der Waals surface area contributed by atoms with Gasteiger partial charge in [0.15, 0.2) is 16.1 Å². The predicted octanol–water partition coefficient (Wildman–Crippen LogP) is 6.86. The number of aromatic nitrogens is 5. The second kappa shape index (κ2) is 10.8. The summed E-state index contributed by atoms with van der Waals surface area (Å²) in [5.41, 5.74) is 6.80. The molecule has 0 radical (unpaired) electrons. The lowest BCUT2D eigenvalue weighted by atomic mass is 10.0. The fourth-order valence-electron chi connectivity index (χ4n) is 4.27. The number of rotatable bonds is 7. The maximum absolute atomic E-state index is 12.7. The number of para-hydroxylation sites is 1. The Bertz CT molecular complexity index is 1780. The molecular formula is C30H24N6OS2. The summed E-state index contributed by atoms with van der Waals surface area (Å²) in [5, 5.41) is 16.0. The number of thiazole rings is 1. The van der Waals surface area contributed by atoms with Gasteiger partial charge in [0.2, 0.25) is 5.91 Å². The number of amides is 1. The highest BCUT2D eigenvalue weighted by molar-refractivity contribution is 7.99. The molecule has 6 rings (SSSR count). The molecule has 0 saturated heterocycles. The van der Waals surface area contributed by atoms with E-state index in [0.717, 1.165) is 44.8 Å². The van der Waals surface area contributed by atoms with Gasteiger partial charge in [-0.05, 0) is 19.1 Å². The SMILES string of the molecule is Cc1ccc(-c2csc(NC(=O)CSc3nnc(-c4cc(-c5ccccc5)nc5ccccc45)n3C)n2)cc1. The zero-order chi connectivity index (χ0) is 26.8. The molecule has 3 heterocycles. The number of carbonyl (C=O) groups excluding carboxylic acids is 1. The zero-order valence-electron chi connectivity index (χ0n) is 21.3. The Hall–Kier alpha value is -4.34. The molecular weight excluding hydrogens is 525 g/mol. The minimum Gasteiger partial charge on any atom is -0.305 e. The summed E-state index contributed by atoms with van der Waals surface area (Å²) in [6, 6.07) is 28.3. The molecule has 9 heteroatoms. The molecule has 0 aliphatic carbocycles. The number of anilines is 1. The van der Waals surface area contributed by atoms with Gasteiger partial charge >= 0.3 is 0 Å². The average molecular weight is 549 g/mol. The van der Waals surface area contributed by atoms with E-state index in [1.165, 1.54) is 28.7 Å². The van der Waals surface area contributed by atoms with Gasteiger partial charge in [-0.15, -0.1) is 21.5 Å². The van der Waals surface area contributed by atoms with Crippen molar-refractivity contribution in [3.05, 3.63) is 95.9 Å². The van der Waals surface area contributed by atoms with Crippen LogP contribution in [0.4, 0.5) is 5.13 Å². The summed E-state index contributed by atoms with van der Waals surface area (Å²) in [4.78, 5) is 22.1. The van der Waals surface area contributed by atoms with E-state index in [9.17, 15) is 4.79 Å². The number of aryl methyl sites for hydroxylation is 1. The van der Waals surface area contributed by atoms with Gasteiger partial charge in [-0.3, -0.25) is 4.79 Å². The molecule has 3 aromatic heterocycles. The third kappa shape index (κ3) is 5.32. The van der Waals surface area contributed by atoms with Crippen LogP contribution in [0.5, 0.6) is 0 Å². The van der Waals surface area contributed by atoms with Crippen LogP contribution in [0.25, 0.3) is 44.8 Å². The summed E-state index contributed by atoms with van der Waals surface area (Å²) in [5.74, 6) is 0.768. The number of fused-ring (bicyclic) bond motifs is 1. The average Bonchev–Trinajstić information content (AvgIpc) is 3.58. The second-order valence-corrected chi connectivity index (χ2v) is 10.8. The molecule has 1 amide bonds. The smallest absolute Gasteiger partial charge is 0.236 e. The molecule has 39 heavy (non-hydrogen) atoms. The molecule has 0 atom stereocenters. The van der Waals surface area contributed by atoms with E-state index < -0.39 is 0 Å². The van der Waals surface area contributed by atoms with Gasteiger partial charge in [0, 0.05) is 34.5 Å². The number of carbonyl (C=O) groups is 1. The van der Waals surface area contributed by atoms with E-state index in [1.807, 2.05) is 83.7 Å². The first-order chi connectivity index (χ1) is 19.0. The monoisotopic (exact) mass is 548 g/mol. The number of thioether (sulfide) groups is 1. The number of pyridine rings is 1. The first kappa shape index (κ1) is 25.0. The van der Waals surface area contributed by atoms with Crippen LogP contribution in [-0.4, -0.2) is 36.4 Å². The Morgan fingerprint density at radius 3 is 2.46 bits per heavy atom. The van der Waals surface area contributed by atoms with Crippen molar-refractivity contribution in [3.63, 3.8) is 0 Å². The zero-order valence-corrected chi connectivity index (χ0v) is 23.0. The molecule has 0 unspecified atom stereocenters. The largest absolute Gasteiger partial charge is 0.305 e. The van der Waals surface area contributed by atoms with Crippen LogP contribution in [0.2, 0.25) is 0 Å². The van der Waals surface area contributed by atoms with Crippen molar-refractivity contribution in [2.45, 2.75) is 12.1 Å². The van der Waals surface area contributed by atoms with Gasteiger partial charge in [0.1, 0.15) is 0 Å². The van der Waals surface area contributed by atoms with E-state index in [2.05, 4.69) is 45.6 Å². The molecule has 3 aromatic carbocycles. The normalized spacial score (nSPS) is 11.1. The summed E-state index contributed by atoms with van der Waals surface area (Å²) < 4.78 is 1.92. The maximum atomic E-state index is 12.7. The molecule has 192 valence electrons. The van der Waals surface area contributed by atoms with Gasteiger partial charge < -0.3 is 9.88 Å². The Kier molecular flexibility index (Phi) is 6.91. The van der Waals surface area contributed by atoms with Crippen molar-refractivity contribution in [3.8, 4) is 33.9 Å². The lowest BCUT2D eigenvalue weighted by molar-refractivity contribution is -0.113. The highest BCUT2D eigenvalue weighted by Crippen LogP contribution is 2.32. The molecule has 0 bridgehead atoms. The molecule has 0 fully saturated rings. The Labute approximate surface area is 234 Å². The predicted molar refractivity (Wildman–Crippen MR) is 159 cm³/mol. The first-order valence-corrected chi connectivity index (χ1v) is 14.2. The van der Waals surface area contributed by atoms with E-state index in [1.54, 1.807) is 0 Å². The summed E-state index contributed by atoms with van der Waals surface area (Å²) in [7, 11) is 1.92. The minimum atomic E-state index is -0.143. The van der Waals surface area contributed by atoms with Crippen LogP contribution in [0.1, 0.15) is 5.56 Å². The van der Waals surface area contributed by atoms with Crippen LogP contribution in [-0.2, 0) is 11.8 Å². The molecule has 0 aliphatic rings. The van der Waals surface area contributed by atoms with Crippen molar-refractivity contribution in [1.82, 2.24) is 24.7 Å². The minimum absolute atomic E-state index is 0.143. The van der Waals surface area contributed by atoms with Crippen molar-refractivity contribution < 1.29 is 4.79 Å². The number of benzene rings is 3. The van der Waals surface area contributed by atoms with Crippen LogP contribution >= 0.6 is 23.1 Å². The first-order valence-electron chi connectivity index (χ1n) is 12.4. The number of hydrogen-bond acceptors (Lipinski definition) is 7. The maximum Gasteiger partial charge on any atom is 0.236 e. The molecule has 0 aliphatic heterocycles. The highest BCUT2D eigenvalue weighted by atomic mass is 32.2. The molecule has 1 N–H and O–H groups in total. The van der Waals surface area contributed by atoms with E-state index in [0.29, 0.717) is 10.3 Å². The van der Waals surface area contributed by atoms with Crippen LogP contribution in [0, 0.1) is 6.92 Å². The van der Waals surface area contributed by atoms with Gasteiger partial charge in [-0.2, -0.15) is 0 Å². The molecule has 7 nitrogen and oxygen atoms in total. The van der Waals surface area contributed by atoms with E-state index in [-0.39, 0.29) is 11.7 Å². The third-order valence-corrected chi connectivity index (χ3v) is 8.07. The van der Waals surface area contributed by atoms with Crippen molar-refractivity contribution in [2.75, 3.05) is 11.1 Å². The summed E-state index contributed by atoms with van der Waals surface area (Å²) >= 11 is 2.75.